The number of rotatable bonds is 5. The Morgan fingerprint density at radius 2 is 2.11 bits per heavy atom. The molecule has 0 bridgehead atoms. The second kappa shape index (κ2) is 8.64. The molecule has 0 aliphatic carbocycles. The SMILES string of the molecule is COC(=O)C1=C(C)NC(C)C(C(=O)OCCC#N)(c2cccc(Cl)c2Cl)C1. The van der Waals surface area contributed by atoms with Gasteiger partial charge in [0, 0.05) is 18.2 Å². The molecular formula is C19H20Cl2N2O4. The summed E-state index contributed by atoms with van der Waals surface area (Å²) in [6.07, 6.45) is 0.0940. The normalized spacial score (nSPS) is 21.9. The molecule has 2 rings (SSSR count). The van der Waals surface area contributed by atoms with Crippen molar-refractivity contribution in [2.45, 2.75) is 38.1 Å². The van der Waals surface area contributed by atoms with Gasteiger partial charge in [0.05, 0.1) is 35.2 Å². The Morgan fingerprint density at radius 1 is 1.41 bits per heavy atom. The van der Waals surface area contributed by atoms with E-state index in [9.17, 15) is 9.59 Å². The molecule has 1 aliphatic heterocycles. The van der Waals surface area contributed by atoms with Gasteiger partial charge < -0.3 is 14.8 Å². The first-order valence-electron chi connectivity index (χ1n) is 8.32. The molecule has 0 aromatic heterocycles. The van der Waals surface area contributed by atoms with Crippen molar-refractivity contribution < 1.29 is 19.1 Å². The fourth-order valence-corrected chi connectivity index (χ4v) is 3.77. The zero-order valence-electron chi connectivity index (χ0n) is 15.3. The number of methoxy groups -OCH3 is 1. The molecule has 1 heterocycles. The van der Waals surface area contributed by atoms with Crippen LogP contribution in [-0.4, -0.2) is 31.7 Å². The van der Waals surface area contributed by atoms with E-state index < -0.39 is 23.4 Å². The maximum Gasteiger partial charge on any atom is 0.335 e. The van der Waals surface area contributed by atoms with E-state index in [1.807, 2.05) is 6.07 Å². The van der Waals surface area contributed by atoms with Gasteiger partial charge in [-0.1, -0.05) is 35.3 Å². The Balaban J connectivity index is 2.63. The number of allylic oxidation sites excluding steroid dienone is 1. The molecule has 6 nitrogen and oxygen atoms in total. The van der Waals surface area contributed by atoms with Crippen LogP contribution < -0.4 is 5.32 Å². The minimum Gasteiger partial charge on any atom is -0.466 e. The highest BCUT2D eigenvalue weighted by Crippen LogP contribution is 2.45. The Hall–Kier alpha value is -2.23. The second-order valence-corrected chi connectivity index (χ2v) is 7.04. The van der Waals surface area contributed by atoms with Crippen molar-refractivity contribution in [1.29, 1.82) is 5.26 Å². The Morgan fingerprint density at radius 3 is 2.74 bits per heavy atom. The van der Waals surface area contributed by atoms with Crippen molar-refractivity contribution in [2.24, 2.45) is 0 Å². The number of ether oxygens (including phenoxy) is 2. The fourth-order valence-electron chi connectivity index (χ4n) is 3.30. The van der Waals surface area contributed by atoms with E-state index in [0.717, 1.165) is 0 Å². The standard InChI is InChI=1S/C19H20Cl2N2O4/c1-11-13(17(24)26-3)10-19(12(2)23-11,18(25)27-9-5-8-22)14-6-4-7-15(20)16(14)21/h4,6-7,12,23H,5,9-10H2,1-3H3. The van der Waals surface area contributed by atoms with Crippen molar-refractivity contribution in [3.8, 4) is 6.07 Å². The maximum absolute atomic E-state index is 13.2. The Kier molecular flexibility index (Phi) is 6.74. The molecule has 2 atom stereocenters. The summed E-state index contributed by atoms with van der Waals surface area (Å²) in [5, 5.41) is 12.4. The molecule has 2 unspecified atom stereocenters. The van der Waals surface area contributed by atoms with E-state index in [-0.39, 0.29) is 29.5 Å². The van der Waals surface area contributed by atoms with Gasteiger partial charge in [-0.25, -0.2) is 4.79 Å². The van der Waals surface area contributed by atoms with Crippen LogP contribution in [0.5, 0.6) is 0 Å². The van der Waals surface area contributed by atoms with Crippen LogP contribution in [0.25, 0.3) is 0 Å². The zero-order valence-corrected chi connectivity index (χ0v) is 16.8. The van der Waals surface area contributed by atoms with Crippen LogP contribution in [0.4, 0.5) is 0 Å². The summed E-state index contributed by atoms with van der Waals surface area (Å²) >= 11 is 12.6. The largest absolute Gasteiger partial charge is 0.466 e. The van der Waals surface area contributed by atoms with Crippen molar-refractivity contribution in [2.75, 3.05) is 13.7 Å². The van der Waals surface area contributed by atoms with E-state index >= 15 is 0 Å². The lowest BCUT2D eigenvalue weighted by molar-refractivity contribution is -0.152. The van der Waals surface area contributed by atoms with Crippen molar-refractivity contribution >= 4 is 35.1 Å². The number of nitrogens with zero attached hydrogens (tertiary/aromatic N) is 1. The van der Waals surface area contributed by atoms with Crippen LogP contribution in [0.1, 0.15) is 32.3 Å². The van der Waals surface area contributed by atoms with Gasteiger partial charge in [-0.2, -0.15) is 5.26 Å². The number of hydrogen-bond acceptors (Lipinski definition) is 6. The Labute approximate surface area is 168 Å². The summed E-state index contributed by atoms with van der Waals surface area (Å²) in [5.41, 5.74) is 0.0878. The van der Waals surface area contributed by atoms with E-state index in [1.54, 1.807) is 32.0 Å². The third kappa shape index (κ3) is 3.90. The van der Waals surface area contributed by atoms with Gasteiger partial charge in [0.2, 0.25) is 0 Å². The maximum atomic E-state index is 13.2. The molecule has 0 saturated carbocycles. The molecule has 0 saturated heterocycles. The molecule has 0 fully saturated rings. The second-order valence-electron chi connectivity index (χ2n) is 6.25. The molecule has 1 aromatic carbocycles. The van der Waals surface area contributed by atoms with Gasteiger partial charge in [-0.05, 0) is 25.5 Å². The lowest BCUT2D eigenvalue weighted by atomic mass is 9.68. The van der Waals surface area contributed by atoms with Gasteiger partial charge in [0.15, 0.2) is 0 Å². The van der Waals surface area contributed by atoms with Gasteiger partial charge >= 0.3 is 11.9 Å². The van der Waals surface area contributed by atoms with E-state index in [2.05, 4.69) is 5.32 Å². The quantitative estimate of drug-likeness (QED) is 0.589. The Bertz CT molecular complexity index is 831. The number of benzene rings is 1. The van der Waals surface area contributed by atoms with Crippen LogP contribution in [-0.2, 0) is 24.5 Å². The van der Waals surface area contributed by atoms with Gasteiger partial charge in [0.25, 0.3) is 0 Å². The summed E-state index contributed by atoms with van der Waals surface area (Å²) < 4.78 is 10.2. The highest BCUT2D eigenvalue weighted by atomic mass is 35.5. The van der Waals surface area contributed by atoms with E-state index in [0.29, 0.717) is 16.8 Å². The average molecular weight is 411 g/mol. The predicted octanol–water partition coefficient (Wildman–Crippen LogP) is 3.52. The van der Waals surface area contributed by atoms with E-state index in [1.165, 1.54) is 7.11 Å². The first-order chi connectivity index (χ1) is 12.8. The molecule has 0 radical (unpaired) electrons. The smallest absolute Gasteiger partial charge is 0.335 e. The molecule has 1 aromatic rings. The molecule has 0 spiro atoms. The summed E-state index contributed by atoms with van der Waals surface area (Å²) in [6.45, 7) is 3.49. The molecule has 8 heteroatoms. The summed E-state index contributed by atoms with van der Waals surface area (Å²) in [7, 11) is 1.28. The molecule has 144 valence electrons. The van der Waals surface area contributed by atoms with Gasteiger partial charge in [-0.3, -0.25) is 4.79 Å². The molecule has 1 N–H and O–H groups in total. The highest BCUT2D eigenvalue weighted by Gasteiger charge is 2.52. The lowest BCUT2D eigenvalue weighted by Crippen LogP contribution is -2.56. The topological polar surface area (TPSA) is 88.4 Å². The van der Waals surface area contributed by atoms with Crippen molar-refractivity contribution in [3.63, 3.8) is 0 Å². The highest BCUT2D eigenvalue weighted by molar-refractivity contribution is 6.42. The number of nitrogens with one attached hydrogen (secondary N) is 1. The third-order valence-electron chi connectivity index (χ3n) is 4.76. The number of hydrogen-bond donors (Lipinski definition) is 1. The predicted molar refractivity (Wildman–Crippen MR) is 101 cm³/mol. The first-order valence-corrected chi connectivity index (χ1v) is 9.08. The number of nitriles is 1. The van der Waals surface area contributed by atoms with Crippen molar-refractivity contribution in [1.82, 2.24) is 5.32 Å². The molecular weight excluding hydrogens is 391 g/mol. The van der Waals surface area contributed by atoms with Crippen LogP contribution in [0.2, 0.25) is 10.0 Å². The monoisotopic (exact) mass is 410 g/mol. The van der Waals surface area contributed by atoms with Crippen LogP contribution in [0.15, 0.2) is 29.5 Å². The minimum absolute atomic E-state index is 0.0329. The molecule has 0 amide bonds. The third-order valence-corrected chi connectivity index (χ3v) is 5.57. The lowest BCUT2D eigenvalue weighted by Gasteiger charge is -2.42. The van der Waals surface area contributed by atoms with Gasteiger partial charge in [0.1, 0.15) is 12.0 Å². The number of halogens is 2. The molecule has 1 aliphatic rings. The summed E-state index contributed by atoms with van der Waals surface area (Å²) in [5.74, 6) is -1.13. The molecule has 27 heavy (non-hydrogen) atoms. The number of esters is 2. The zero-order chi connectivity index (χ0) is 20.2. The summed E-state index contributed by atoms with van der Waals surface area (Å²) in [4.78, 5) is 25.4. The number of carbonyl (C=O) groups is 2. The fraction of sp³-hybridized carbons (Fsp3) is 0.421. The van der Waals surface area contributed by atoms with Crippen LogP contribution in [0, 0.1) is 11.3 Å². The van der Waals surface area contributed by atoms with Gasteiger partial charge in [-0.15, -0.1) is 0 Å². The average Bonchev–Trinajstić information content (AvgIpc) is 2.64. The summed E-state index contributed by atoms with van der Waals surface area (Å²) in [6, 6.07) is 6.47. The number of carbonyl (C=O) groups excluding carboxylic acids is 2. The van der Waals surface area contributed by atoms with Crippen LogP contribution in [0.3, 0.4) is 0 Å². The van der Waals surface area contributed by atoms with E-state index in [4.69, 9.17) is 37.9 Å². The minimum atomic E-state index is -1.31. The van der Waals surface area contributed by atoms with Crippen molar-refractivity contribution in [3.05, 3.63) is 45.1 Å². The van der Waals surface area contributed by atoms with Crippen LogP contribution >= 0.6 is 23.2 Å². The first kappa shape index (κ1) is 21.1.